The molecule has 0 aromatic heterocycles. The fourth-order valence-electron chi connectivity index (χ4n) is 9.07. The van der Waals surface area contributed by atoms with Crippen molar-refractivity contribution in [3.8, 4) is 0 Å². The molecular formula is C29H50O2. The van der Waals surface area contributed by atoms with E-state index < -0.39 is 0 Å². The zero-order chi connectivity index (χ0) is 22.4. The van der Waals surface area contributed by atoms with E-state index in [1.54, 1.807) is 0 Å². The molecule has 1 N–H and O–H groups in total. The van der Waals surface area contributed by atoms with E-state index in [0.717, 1.165) is 37.2 Å². The third-order valence-corrected chi connectivity index (χ3v) is 10.7. The molecule has 0 saturated heterocycles. The maximum absolute atomic E-state index is 10.8. The third kappa shape index (κ3) is 4.30. The summed E-state index contributed by atoms with van der Waals surface area (Å²) in [4.78, 5) is 0. The molecule has 0 heterocycles. The predicted molar refractivity (Wildman–Crippen MR) is 130 cm³/mol. The van der Waals surface area contributed by atoms with E-state index in [-0.39, 0.29) is 6.10 Å². The predicted octanol–water partition coefficient (Wildman–Crippen LogP) is 7.40. The first-order valence-corrected chi connectivity index (χ1v) is 13.5. The summed E-state index contributed by atoms with van der Waals surface area (Å²) in [6.07, 6.45) is 16.2. The maximum atomic E-state index is 10.8. The second-order valence-electron chi connectivity index (χ2n) is 13.5. The molecule has 0 aliphatic heterocycles. The van der Waals surface area contributed by atoms with Gasteiger partial charge in [-0.2, -0.15) is 0 Å². The van der Waals surface area contributed by atoms with Crippen molar-refractivity contribution in [1.82, 2.24) is 0 Å². The molecule has 2 unspecified atom stereocenters. The Labute approximate surface area is 192 Å². The van der Waals surface area contributed by atoms with Crippen molar-refractivity contribution in [1.29, 1.82) is 0 Å². The summed E-state index contributed by atoms with van der Waals surface area (Å²) in [5, 5.41) is 10.8. The number of rotatable bonds is 6. The van der Waals surface area contributed by atoms with Crippen LogP contribution < -0.4 is 0 Å². The molecule has 2 heteroatoms. The summed E-state index contributed by atoms with van der Waals surface area (Å²) < 4.78 is 6.60. The normalized spacial score (nSPS) is 47.4. The van der Waals surface area contributed by atoms with Crippen molar-refractivity contribution >= 4 is 0 Å². The van der Waals surface area contributed by atoms with Crippen LogP contribution in [0.2, 0.25) is 0 Å². The number of allylic oxidation sites excluding steroid dienone is 1. The van der Waals surface area contributed by atoms with Gasteiger partial charge in [0, 0.05) is 6.61 Å². The summed E-state index contributed by atoms with van der Waals surface area (Å²) >= 11 is 0. The van der Waals surface area contributed by atoms with Crippen LogP contribution in [0.5, 0.6) is 0 Å². The Morgan fingerprint density at radius 3 is 2.32 bits per heavy atom. The highest BCUT2D eigenvalue weighted by Gasteiger charge is 2.61. The van der Waals surface area contributed by atoms with E-state index in [1.165, 1.54) is 57.8 Å². The summed E-state index contributed by atoms with van der Waals surface area (Å²) in [7, 11) is 0. The van der Waals surface area contributed by atoms with Crippen LogP contribution in [-0.2, 0) is 4.74 Å². The molecular weight excluding hydrogens is 380 g/mol. The Kier molecular flexibility index (Phi) is 6.75. The van der Waals surface area contributed by atoms with Gasteiger partial charge in [0.25, 0.3) is 0 Å². The minimum Gasteiger partial charge on any atom is -0.393 e. The SMILES string of the molecule is C=CC[C@H]1C2CC[C@@H]3[C@H](CC[C@]4(C)C(OCCCC(C)(C)C)CC[C@@H]34)[C@@]2(C)CC[C@H]1O. The van der Waals surface area contributed by atoms with Gasteiger partial charge in [-0.3, -0.25) is 0 Å². The summed E-state index contributed by atoms with van der Waals surface area (Å²) in [5.41, 5.74) is 1.22. The minimum atomic E-state index is -0.112. The minimum absolute atomic E-state index is 0.112. The summed E-state index contributed by atoms with van der Waals surface area (Å²) in [6, 6.07) is 0. The third-order valence-electron chi connectivity index (χ3n) is 10.7. The Hall–Kier alpha value is -0.340. The monoisotopic (exact) mass is 430 g/mol. The van der Waals surface area contributed by atoms with Gasteiger partial charge >= 0.3 is 0 Å². The number of aliphatic hydroxyl groups excluding tert-OH is 1. The standard InChI is InChI=1S/C29H50O2/c1-7-9-21-23-11-10-20-22-12-13-26(31-19-8-16-27(2,3)4)29(22,6)17-14-24(20)28(23,5)18-15-25(21)30/h7,20-26,30H,1,8-19H2,2-6H3/t20-,21-,22-,23?,24-,25+,26?,28-,29-/m0/s1. The molecule has 0 amide bonds. The first kappa shape index (κ1) is 23.8. The molecule has 0 radical (unpaired) electrons. The molecule has 0 bridgehead atoms. The number of hydrogen-bond acceptors (Lipinski definition) is 2. The van der Waals surface area contributed by atoms with Crippen molar-refractivity contribution in [2.45, 2.75) is 117 Å². The molecule has 0 aromatic carbocycles. The van der Waals surface area contributed by atoms with E-state index >= 15 is 0 Å². The molecule has 9 atom stereocenters. The molecule has 4 rings (SSSR count). The van der Waals surface area contributed by atoms with Crippen LogP contribution in [0.15, 0.2) is 12.7 Å². The van der Waals surface area contributed by atoms with Crippen LogP contribution in [0.3, 0.4) is 0 Å². The van der Waals surface area contributed by atoms with Crippen LogP contribution >= 0.6 is 0 Å². The lowest BCUT2D eigenvalue weighted by atomic mass is 9.43. The molecule has 4 aliphatic rings. The molecule has 4 saturated carbocycles. The summed E-state index contributed by atoms with van der Waals surface area (Å²) in [6.45, 7) is 17.1. The van der Waals surface area contributed by atoms with Crippen LogP contribution in [0.1, 0.15) is 105 Å². The van der Waals surface area contributed by atoms with Crippen LogP contribution in [0.4, 0.5) is 0 Å². The molecule has 0 aromatic rings. The fraction of sp³-hybridized carbons (Fsp3) is 0.931. The lowest BCUT2D eigenvalue weighted by molar-refractivity contribution is -0.159. The number of hydrogen-bond donors (Lipinski definition) is 1. The molecule has 31 heavy (non-hydrogen) atoms. The van der Waals surface area contributed by atoms with Gasteiger partial charge in [-0.1, -0.05) is 40.7 Å². The zero-order valence-corrected chi connectivity index (χ0v) is 21.2. The average molecular weight is 431 g/mol. The van der Waals surface area contributed by atoms with Gasteiger partial charge in [0.05, 0.1) is 12.2 Å². The highest BCUT2D eigenvalue weighted by molar-refractivity contribution is 5.11. The van der Waals surface area contributed by atoms with Crippen molar-refractivity contribution in [2.24, 2.45) is 45.8 Å². The smallest absolute Gasteiger partial charge is 0.0631 e. The highest BCUT2D eigenvalue weighted by atomic mass is 16.5. The molecule has 4 aliphatic carbocycles. The van der Waals surface area contributed by atoms with Gasteiger partial charge in [0.1, 0.15) is 0 Å². The largest absolute Gasteiger partial charge is 0.393 e. The number of fused-ring (bicyclic) bond motifs is 5. The quantitative estimate of drug-likeness (QED) is 0.351. The first-order chi connectivity index (χ1) is 14.6. The lowest BCUT2D eigenvalue weighted by Crippen LogP contribution is -2.57. The van der Waals surface area contributed by atoms with Crippen molar-refractivity contribution in [3.63, 3.8) is 0 Å². The highest BCUT2D eigenvalue weighted by Crippen LogP contribution is 2.67. The Morgan fingerprint density at radius 1 is 0.935 bits per heavy atom. The molecule has 178 valence electrons. The zero-order valence-electron chi connectivity index (χ0n) is 21.2. The van der Waals surface area contributed by atoms with Gasteiger partial charge < -0.3 is 9.84 Å². The molecule has 4 fully saturated rings. The second-order valence-corrected chi connectivity index (χ2v) is 13.5. The van der Waals surface area contributed by atoms with Crippen molar-refractivity contribution in [3.05, 3.63) is 12.7 Å². The van der Waals surface area contributed by atoms with E-state index in [9.17, 15) is 5.11 Å². The van der Waals surface area contributed by atoms with Crippen LogP contribution in [0, 0.1) is 45.8 Å². The topological polar surface area (TPSA) is 29.5 Å². The average Bonchev–Trinajstić information content (AvgIpc) is 3.03. The van der Waals surface area contributed by atoms with Gasteiger partial charge in [-0.15, -0.1) is 6.58 Å². The summed E-state index contributed by atoms with van der Waals surface area (Å²) in [5.74, 6) is 3.70. The Bertz CT molecular complexity index is 635. The van der Waals surface area contributed by atoms with Gasteiger partial charge in [-0.25, -0.2) is 0 Å². The van der Waals surface area contributed by atoms with E-state index in [4.69, 9.17) is 4.74 Å². The molecule has 0 spiro atoms. The van der Waals surface area contributed by atoms with Crippen LogP contribution in [-0.4, -0.2) is 23.9 Å². The van der Waals surface area contributed by atoms with Gasteiger partial charge in [-0.05, 0) is 116 Å². The van der Waals surface area contributed by atoms with Crippen molar-refractivity contribution < 1.29 is 9.84 Å². The van der Waals surface area contributed by atoms with Gasteiger partial charge in [0.2, 0.25) is 0 Å². The molecule has 2 nitrogen and oxygen atoms in total. The fourth-order valence-corrected chi connectivity index (χ4v) is 9.07. The van der Waals surface area contributed by atoms with Gasteiger partial charge in [0.15, 0.2) is 0 Å². The lowest BCUT2D eigenvalue weighted by Gasteiger charge is -2.62. The second kappa shape index (κ2) is 8.79. The number of ether oxygens (including phenoxy) is 1. The van der Waals surface area contributed by atoms with E-state index in [1.807, 2.05) is 0 Å². The van der Waals surface area contributed by atoms with Crippen molar-refractivity contribution in [2.75, 3.05) is 6.61 Å². The van der Waals surface area contributed by atoms with Crippen LogP contribution in [0.25, 0.3) is 0 Å². The van der Waals surface area contributed by atoms with E-state index in [0.29, 0.717) is 34.2 Å². The Morgan fingerprint density at radius 2 is 1.61 bits per heavy atom. The maximum Gasteiger partial charge on any atom is 0.0631 e. The number of aliphatic hydroxyl groups is 1. The first-order valence-electron chi connectivity index (χ1n) is 13.5. The van der Waals surface area contributed by atoms with E-state index in [2.05, 4.69) is 47.3 Å². The Balaban J connectivity index is 1.44.